The molecule has 1 unspecified atom stereocenters. The van der Waals surface area contributed by atoms with Gasteiger partial charge in [0, 0.05) is 18.4 Å². The summed E-state index contributed by atoms with van der Waals surface area (Å²) in [5.41, 5.74) is 3.03. The Balaban J connectivity index is 1.34. The minimum Gasteiger partial charge on any atom is -0.368 e. The number of nitrogens with one attached hydrogen (secondary N) is 2. The summed E-state index contributed by atoms with van der Waals surface area (Å²) in [6, 6.07) is 17.7. The van der Waals surface area contributed by atoms with Gasteiger partial charge in [-0.15, -0.1) is 0 Å². The molecule has 3 aromatic rings. The SMILES string of the molecule is O=C(C1CCO1)N1CC2(CC2)[C@H](NS(=O)(=O)c2cnc[nH]2)[C@@H]1Cc1cccc(-c2ccccc2)c1. The third-order valence-corrected chi connectivity index (χ3v) is 8.97. The lowest BCUT2D eigenvalue weighted by Crippen LogP contribution is -2.53. The number of amides is 1. The van der Waals surface area contributed by atoms with Crippen LogP contribution in [0.1, 0.15) is 24.8 Å². The number of imidazole rings is 1. The van der Waals surface area contributed by atoms with Crippen LogP contribution in [-0.2, 0) is 26.0 Å². The number of carbonyl (C=O) groups is 1. The van der Waals surface area contributed by atoms with E-state index in [4.69, 9.17) is 4.74 Å². The molecule has 3 atom stereocenters. The number of aromatic nitrogens is 2. The van der Waals surface area contributed by atoms with Crippen molar-refractivity contribution in [1.82, 2.24) is 19.6 Å². The number of nitrogens with zero attached hydrogens (tertiary/aromatic N) is 2. The third kappa shape index (κ3) is 4.17. The summed E-state index contributed by atoms with van der Waals surface area (Å²) in [7, 11) is -3.81. The van der Waals surface area contributed by atoms with Gasteiger partial charge in [-0.05, 0) is 36.0 Å². The van der Waals surface area contributed by atoms with Crippen molar-refractivity contribution in [2.24, 2.45) is 5.41 Å². The molecule has 1 saturated carbocycles. The van der Waals surface area contributed by atoms with E-state index in [2.05, 4.69) is 39.0 Å². The smallest absolute Gasteiger partial charge is 0.257 e. The topological polar surface area (TPSA) is 104 Å². The monoisotopic (exact) mass is 492 g/mol. The lowest BCUT2D eigenvalue weighted by molar-refractivity contribution is -0.157. The molecule has 35 heavy (non-hydrogen) atoms. The van der Waals surface area contributed by atoms with Crippen molar-refractivity contribution >= 4 is 15.9 Å². The molecule has 6 rings (SSSR count). The number of benzene rings is 2. The number of hydrogen-bond donors (Lipinski definition) is 2. The van der Waals surface area contributed by atoms with Crippen LogP contribution in [0.4, 0.5) is 0 Å². The maximum atomic E-state index is 13.4. The van der Waals surface area contributed by atoms with E-state index in [1.54, 1.807) is 0 Å². The zero-order valence-electron chi connectivity index (χ0n) is 19.3. The maximum absolute atomic E-state index is 13.4. The second kappa shape index (κ2) is 8.58. The van der Waals surface area contributed by atoms with Crippen LogP contribution in [-0.4, -0.2) is 60.5 Å². The molecule has 3 heterocycles. The molecule has 9 heteroatoms. The summed E-state index contributed by atoms with van der Waals surface area (Å²) in [5.74, 6) is -0.0324. The highest BCUT2D eigenvalue weighted by Gasteiger charge is 2.62. The van der Waals surface area contributed by atoms with Gasteiger partial charge in [0.25, 0.3) is 15.9 Å². The van der Waals surface area contributed by atoms with Gasteiger partial charge >= 0.3 is 0 Å². The zero-order chi connectivity index (χ0) is 24.0. The van der Waals surface area contributed by atoms with Crippen molar-refractivity contribution in [3.05, 3.63) is 72.7 Å². The lowest BCUT2D eigenvalue weighted by Gasteiger charge is -2.34. The molecule has 1 aliphatic carbocycles. The van der Waals surface area contributed by atoms with Gasteiger partial charge in [0.1, 0.15) is 6.10 Å². The van der Waals surface area contributed by atoms with Crippen molar-refractivity contribution in [2.75, 3.05) is 13.2 Å². The van der Waals surface area contributed by atoms with E-state index < -0.39 is 16.1 Å². The number of ether oxygens (including phenoxy) is 1. The van der Waals surface area contributed by atoms with Gasteiger partial charge in [-0.2, -0.15) is 0 Å². The number of likely N-dealkylation sites (tertiary alicyclic amines) is 1. The van der Waals surface area contributed by atoms with Crippen LogP contribution in [0.5, 0.6) is 0 Å². The number of aromatic amines is 1. The summed E-state index contributed by atoms with van der Waals surface area (Å²) in [6.07, 6.45) is 5.28. The Bertz CT molecular complexity index is 1320. The second-order valence-corrected chi connectivity index (χ2v) is 11.5. The molecule has 2 aliphatic heterocycles. The molecule has 2 aromatic carbocycles. The van der Waals surface area contributed by atoms with Crippen LogP contribution in [0.3, 0.4) is 0 Å². The molecular formula is C26H28N4O4S. The Kier molecular flexibility index (Phi) is 5.51. The molecule has 182 valence electrons. The number of H-pyrrole nitrogens is 1. The molecule has 3 fully saturated rings. The molecule has 0 bridgehead atoms. The van der Waals surface area contributed by atoms with E-state index in [1.165, 1.54) is 12.5 Å². The largest absolute Gasteiger partial charge is 0.368 e. The number of rotatable bonds is 7. The van der Waals surface area contributed by atoms with Crippen molar-refractivity contribution in [3.63, 3.8) is 0 Å². The normalized spacial score (nSPS) is 24.9. The molecule has 1 aromatic heterocycles. The summed E-state index contributed by atoms with van der Waals surface area (Å²) in [4.78, 5) is 21.8. The molecule has 0 radical (unpaired) electrons. The Morgan fingerprint density at radius 2 is 1.91 bits per heavy atom. The van der Waals surface area contributed by atoms with E-state index in [1.807, 2.05) is 35.2 Å². The Labute approximate surface area is 204 Å². The van der Waals surface area contributed by atoms with E-state index >= 15 is 0 Å². The van der Waals surface area contributed by atoms with Crippen LogP contribution >= 0.6 is 0 Å². The minimum absolute atomic E-state index is 0.0324. The van der Waals surface area contributed by atoms with E-state index in [0.29, 0.717) is 26.0 Å². The quantitative estimate of drug-likeness (QED) is 0.528. The number of hydrogen-bond acceptors (Lipinski definition) is 5. The number of carbonyl (C=O) groups excluding carboxylic acids is 1. The Hall–Kier alpha value is -3.01. The first-order valence-corrected chi connectivity index (χ1v) is 13.5. The lowest BCUT2D eigenvalue weighted by atomic mass is 9.91. The highest BCUT2D eigenvalue weighted by molar-refractivity contribution is 7.89. The average molecular weight is 493 g/mol. The molecule has 8 nitrogen and oxygen atoms in total. The van der Waals surface area contributed by atoms with Gasteiger partial charge in [-0.3, -0.25) is 4.79 Å². The summed E-state index contributed by atoms with van der Waals surface area (Å²) in [6.45, 7) is 1.14. The van der Waals surface area contributed by atoms with Crippen LogP contribution in [0.2, 0.25) is 0 Å². The average Bonchev–Trinajstić information content (AvgIpc) is 3.26. The standard InChI is InChI=1S/C26H28N4O4S/c31-25(22-9-12-34-22)30-16-26(10-11-26)24(29-35(32,33)23-15-27-17-28-23)21(30)14-18-5-4-8-20(13-18)19-6-2-1-3-7-19/h1-8,13,15,17,21-22,24,29H,9-12,14,16H2,(H,27,28)/t21-,22?,24+/m0/s1. The molecule has 2 N–H and O–H groups in total. The Morgan fingerprint density at radius 3 is 2.57 bits per heavy atom. The van der Waals surface area contributed by atoms with Crippen molar-refractivity contribution < 1.29 is 17.9 Å². The van der Waals surface area contributed by atoms with E-state index in [-0.39, 0.29) is 28.4 Å². The predicted molar refractivity (Wildman–Crippen MR) is 130 cm³/mol. The van der Waals surface area contributed by atoms with Crippen LogP contribution in [0, 0.1) is 5.41 Å². The maximum Gasteiger partial charge on any atom is 0.257 e. The third-order valence-electron chi connectivity index (χ3n) is 7.60. The summed E-state index contributed by atoms with van der Waals surface area (Å²) < 4.78 is 34.8. The fourth-order valence-corrected chi connectivity index (χ4v) is 6.71. The highest BCUT2D eigenvalue weighted by atomic mass is 32.2. The number of sulfonamides is 1. The van der Waals surface area contributed by atoms with E-state index in [0.717, 1.165) is 29.5 Å². The van der Waals surface area contributed by atoms with Gasteiger partial charge < -0.3 is 14.6 Å². The first-order chi connectivity index (χ1) is 17.0. The van der Waals surface area contributed by atoms with Gasteiger partial charge in [0.05, 0.1) is 31.2 Å². The summed E-state index contributed by atoms with van der Waals surface area (Å²) in [5, 5.41) is 0.0326. The van der Waals surface area contributed by atoms with Gasteiger partial charge in [-0.1, -0.05) is 54.6 Å². The second-order valence-electron chi connectivity index (χ2n) is 9.83. The van der Waals surface area contributed by atoms with Gasteiger partial charge in [-0.25, -0.2) is 18.1 Å². The molecule has 3 aliphatic rings. The fourth-order valence-electron chi connectivity index (χ4n) is 5.43. The van der Waals surface area contributed by atoms with E-state index in [9.17, 15) is 13.2 Å². The van der Waals surface area contributed by atoms with Gasteiger partial charge in [0.2, 0.25) is 0 Å². The van der Waals surface area contributed by atoms with Crippen molar-refractivity contribution in [1.29, 1.82) is 0 Å². The summed E-state index contributed by atoms with van der Waals surface area (Å²) >= 11 is 0. The zero-order valence-corrected chi connectivity index (χ0v) is 20.1. The van der Waals surface area contributed by atoms with Crippen molar-refractivity contribution in [3.8, 4) is 11.1 Å². The van der Waals surface area contributed by atoms with Gasteiger partial charge in [0.15, 0.2) is 5.03 Å². The van der Waals surface area contributed by atoms with Crippen LogP contribution in [0.25, 0.3) is 11.1 Å². The van der Waals surface area contributed by atoms with Crippen molar-refractivity contribution in [2.45, 2.75) is 48.9 Å². The first-order valence-electron chi connectivity index (χ1n) is 12.0. The Morgan fingerprint density at radius 1 is 1.14 bits per heavy atom. The molecular weight excluding hydrogens is 464 g/mol. The molecule has 1 spiro atoms. The fraction of sp³-hybridized carbons (Fsp3) is 0.385. The minimum atomic E-state index is -3.81. The van der Waals surface area contributed by atoms with Crippen LogP contribution < -0.4 is 4.72 Å². The molecule has 2 saturated heterocycles. The van der Waals surface area contributed by atoms with Crippen LogP contribution in [0.15, 0.2) is 72.1 Å². The molecule has 1 amide bonds. The first kappa shape index (κ1) is 22.5. The highest BCUT2D eigenvalue weighted by Crippen LogP contribution is 2.56. The predicted octanol–water partition coefficient (Wildman–Crippen LogP) is 2.75.